The van der Waals surface area contributed by atoms with Gasteiger partial charge in [0.15, 0.2) is 0 Å². The van der Waals surface area contributed by atoms with Gasteiger partial charge in [-0.3, -0.25) is 4.68 Å². The lowest BCUT2D eigenvalue weighted by molar-refractivity contribution is 0.183. The van der Waals surface area contributed by atoms with Crippen molar-refractivity contribution in [2.45, 2.75) is 6.54 Å². The van der Waals surface area contributed by atoms with Crippen molar-refractivity contribution in [2.75, 3.05) is 13.7 Å². The van der Waals surface area contributed by atoms with Crippen LogP contribution in [0.5, 0.6) is 0 Å². The zero-order valence-electron chi connectivity index (χ0n) is 9.93. The maximum atomic E-state index is 8.79. The summed E-state index contributed by atoms with van der Waals surface area (Å²) in [4.78, 5) is 0. The molecule has 0 aliphatic heterocycles. The monoisotopic (exact) mass is 261 g/mol. The van der Waals surface area contributed by atoms with Crippen molar-refractivity contribution < 1.29 is 4.74 Å². The normalized spacial score (nSPS) is 10.3. The minimum Gasteiger partial charge on any atom is -0.383 e. The van der Waals surface area contributed by atoms with Crippen LogP contribution in [0.15, 0.2) is 30.6 Å². The molecule has 4 nitrogen and oxygen atoms in total. The van der Waals surface area contributed by atoms with Gasteiger partial charge in [0.25, 0.3) is 0 Å². The zero-order chi connectivity index (χ0) is 13.0. The van der Waals surface area contributed by atoms with E-state index in [0.717, 1.165) is 11.1 Å². The van der Waals surface area contributed by atoms with E-state index in [2.05, 4.69) is 11.2 Å². The highest BCUT2D eigenvalue weighted by molar-refractivity contribution is 6.33. The number of nitriles is 1. The van der Waals surface area contributed by atoms with E-state index in [-0.39, 0.29) is 0 Å². The van der Waals surface area contributed by atoms with Crippen LogP contribution in [0.2, 0.25) is 5.02 Å². The number of benzene rings is 1. The predicted octanol–water partition coefficient (Wildman–Crippen LogP) is 2.72. The van der Waals surface area contributed by atoms with Crippen LogP contribution in [-0.2, 0) is 11.3 Å². The van der Waals surface area contributed by atoms with E-state index in [9.17, 15) is 0 Å². The summed E-state index contributed by atoms with van der Waals surface area (Å²) in [7, 11) is 1.65. The largest absolute Gasteiger partial charge is 0.383 e. The molecule has 0 bridgehead atoms. The SMILES string of the molecule is COCCn1cc(-c2ccc(C#N)cc2Cl)cn1. The number of hydrogen-bond acceptors (Lipinski definition) is 3. The third kappa shape index (κ3) is 2.70. The summed E-state index contributed by atoms with van der Waals surface area (Å²) in [6.45, 7) is 1.31. The highest BCUT2D eigenvalue weighted by atomic mass is 35.5. The molecule has 1 aromatic heterocycles. The maximum Gasteiger partial charge on any atom is 0.0992 e. The van der Waals surface area contributed by atoms with Gasteiger partial charge in [-0.25, -0.2) is 0 Å². The van der Waals surface area contributed by atoms with E-state index >= 15 is 0 Å². The molecule has 18 heavy (non-hydrogen) atoms. The fourth-order valence-electron chi connectivity index (χ4n) is 1.63. The first-order chi connectivity index (χ1) is 8.74. The predicted molar refractivity (Wildman–Crippen MR) is 69.3 cm³/mol. The van der Waals surface area contributed by atoms with Crippen LogP contribution in [0, 0.1) is 11.3 Å². The number of hydrogen-bond donors (Lipinski definition) is 0. The molecule has 0 aliphatic carbocycles. The number of methoxy groups -OCH3 is 1. The van der Waals surface area contributed by atoms with Crippen molar-refractivity contribution in [2.24, 2.45) is 0 Å². The Kier molecular flexibility index (Phi) is 3.98. The minimum atomic E-state index is 0.551. The molecule has 2 aromatic rings. The van der Waals surface area contributed by atoms with Crippen molar-refractivity contribution in [3.8, 4) is 17.2 Å². The van der Waals surface area contributed by atoms with Gasteiger partial charge in [-0.05, 0) is 12.1 Å². The third-order valence-corrected chi connectivity index (χ3v) is 2.88. The number of nitrogens with zero attached hydrogens (tertiary/aromatic N) is 3. The molecular weight excluding hydrogens is 250 g/mol. The standard InChI is InChI=1S/C13H12ClN3O/c1-18-5-4-17-9-11(8-16-17)12-3-2-10(7-15)6-13(12)14/h2-3,6,8-9H,4-5H2,1H3. The summed E-state index contributed by atoms with van der Waals surface area (Å²) in [6.07, 6.45) is 3.66. The second kappa shape index (κ2) is 5.67. The van der Waals surface area contributed by atoms with Crippen LogP contribution < -0.4 is 0 Å². The smallest absolute Gasteiger partial charge is 0.0992 e. The average Bonchev–Trinajstić information content (AvgIpc) is 2.84. The van der Waals surface area contributed by atoms with Crippen LogP contribution in [0.3, 0.4) is 0 Å². The molecule has 5 heteroatoms. The second-order valence-corrected chi connectivity index (χ2v) is 4.20. The van der Waals surface area contributed by atoms with Gasteiger partial charge < -0.3 is 4.74 Å². The zero-order valence-corrected chi connectivity index (χ0v) is 10.7. The van der Waals surface area contributed by atoms with E-state index in [1.165, 1.54) is 0 Å². The van der Waals surface area contributed by atoms with Crippen molar-refractivity contribution in [1.82, 2.24) is 9.78 Å². The molecule has 1 aromatic carbocycles. The molecule has 0 radical (unpaired) electrons. The molecule has 0 saturated heterocycles. The Morgan fingerprint density at radius 2 is 2.33 bits per heavy atom. The summed E-state index contributed by atoms with van der Waals surface area (Å²) < 4.78 is 6.79. The van der Waals surface area contributed by atoms with Crippen LogP contribution in [0.1, 0.15) is 5.56 Å². The van der Waals surface area contributed by atoms with Gasteiger partial charge in [0.2, 0.25) is 0 Å². The summed E-state index contributed by atoms with van der Waals surface area (Å²) in [5, 5.41) is 13.6. The summed E-state index contributed by atoms with van der Waals surface area (Å²) in [6, 6.07) is 7.29. The van der Waals surface area contributed by atoms with E-state index in [1.54, 1.807) is 30.1 Å². The van der Waals surface area contributed by atoms with Crippen molar-refractivity contribution in [3.05, 3.63) is 41.2 Å². The maximum absolute atomic E-state index is 8.79. The highest BCUT2D eigenvalue weighted by Gasteiger charge is 2.07. The molecule has 2 rings (SSSR count). The summed E-state index contributed by atoms with van der Waals surface area (Å²) in [5.74, 6) is 0. The van der Waals surface area contributed by atoms with Gasteiger partial charge in [-0.1, -0.05) is 17.7 Å². The Morgan fingerprint density at radius 1 is 1.50 bits per heavy atom. The molecule has 0 atom stereocenters. The van der Waals surface area contributed by atoms with Crippen molar-refractivity contribution in [3.63, 3.8) is 0 Å². The first kappa shape index (κ1) is 12.6. The van der Waals surface area contributed by atoms with Gasteiger partial charge in [0.05, 0.1) is 31.0 Å². The van der Waals surface area contributed by atoms with Crippen LogP contribution in [-0.4, -0.2) is 23.5 Å². The molecule has 0 unspecified atom stereocenters. The molecule has 0 saturated carbocycles. The molecule has 92 valence electrons. The number of halogens is 1. The van der Waals surface area contributed by atoms with E-state index in [4.69, 9.17) is 21.6 Å². The summed E-state index contributed by atoms with van der Waals surface area (Å²) in [5.41, 5.74) is 2.36. The number of rotatable bonds is 4. The molecule has 1 heterocycles. The Morgan fingerprint density at radius 3 is 3.00 bits per heavy atom. The van der Waals surface area contributed by atoms with Gasteiger partial charge >= 0.3 is 0 Å². The van der Waals surface area contributed by atoms with Crippen LogP contribution >= 0.6 is 11.6 Å². The fraction of sp³-hybridized carbons (Fsp3) is 0.231. The fourth-order valence-corrected chi connectivity index (χ4v) is 1.92. The van der Waals surface area contributed by atoms with Crippen LogP contribution in [0.25, 0.3) is 11.1 Å². The van der Waals surface area contributed by atoms with Gasteiger partial charge in [0, 0.05) is 29.5 Å². The second-order valence-electron chi connectivity index (χ2n) is 3.79. The molecule has 0 aliphatic rings. The lowest BCUT2D eigenvalue weighted by atomic mass is 10.1. The average molecular weight is 262 g/mol. The third-order valence-electron chi connectivity index (χ3n) is 2.57. The quantitative estimate of drug-likeness (QED) is 0.850. The lowest BCUT2D eigenvalue weighted by Crippen LogP contribution is -2.03. The minimum absolute atomic E-state index is 0.551. The van der Waals surface area contributed by atoms with Gasteiger partial charge in [-0.2, -0.15) is 10.4 Å². The Hall–Kier alpha value is -1.83. The van der Waals surface area contributed by atoms with E-state index in [1.807, 2.05) is 12.3 Å². The highest BCUT2D eigenvalue weighted by Crippen LogP contribution is 2.28. The van der Waals surface area contributed by atoms with Gasteiger partial charge in [-0.15, -0.1) is 0 Å². The topological polar surface area (TPSA) is 50.8 Å². The number of ether oxygens (including phenoxy) is 1. The van der Waals surface area contributed by atoms with E-state index in [0.29, 0.717) is 23.7 Å². The molecular formula is C13H12ClN3O. The first-order valence-corrected chi connectivity index (χ1v) is 5.84. The summed E-state index contributed by atoms with van der Waals surface area (Å²) >= 11 is 6.14. The van der Waals surface area contributed by atoms with Crippen LogP contribution in [0.4, 0.5) is 0 Å². The Balaban J connectivity index is 2.26. The Bertz CT molecular complexity index is 586. The number of aromatic nitrogens is 2. The molecule has 0 amide bonds. The van der Waals surface area contributed by atoms with E-state index < -0.39 is 0 Å². The molecule has 0 fully saturated rings. The first-order valence-electron chi connectivity index (χ1n) is 5.46. The lowest BCUT2D eigenvalue weighted by Gasteiger charge is -2.01. The van der Waals surface area contributed by atoms with Gasteiger partial charge in [0.1, 0.15) is 0 Å². The molecule has 0 spiro atoms. The Labute approximate surface area is 110 Å². The van der Waals surface area contributed by atoms with Crippen molar-refractivity contribution >= 4 is 11.6 Å². The molecule has 0 N–H and O–H groups in total. The van der Waals surface area contributed by atoms with Crippen molar-refractivity contribution in [1.29, 1.82) is 5.26 Å².